The van der Waals surface area contributed by atoms with E-state index in [0.29, 0.717) is 17.1 Å². The summed E-state index contributed by atoms with van der Waals surface area (Å²) in [7, 11) is -3.51. The molecule has 0 spiro atoms. The molecule has 0 saturated carbocycles. The predicted octanol–water partition coefficient (Wildman–Crippen LogP) is 1.72. The van der Waals surface area contributed by atoms with E-state index in [1.165, 1.54) is 0 Å². The fourth-order valence-electron chi connectivity index (χ4n) is 3.06. The standard InChI is InChI=1S/C14H20N2O3S/c1-2-15-11-5-3-4-6-14(11)20(17,18)16-12-9-10-7-8-13(12)19-10/h3-6,10,12-13,15-16H,2,7-9H2,1H3. The Morgan fingerprint density at radius 3 is 2.75 bits per heavy atom. The molecular weight excluding hydrogens is 276 g/mol. The molecule has 2 aliphatic heterocycles. The summed E-state index contributed by atoms with van der Waals surface area (Å²) >= 11 is 0. The molecule has 3 unspecified atom stereocenters. The van der Waals surface area contributed by atoms with E-state index in [2.05, 4.69) is 10.0 Å². The SMILES string of the molecule is CCNc1ccccc1S(=O)(=O)NC1CC2CCC1O2. The Morgan fingerprint density at radius 2 is 2.10 bits per heavy atom. The molecule has 3 atom stereocenters. The normalized spacial score (nSPS) is 28.8. The Morgan fingerprint density at radius 1 is 1.30 bits per heavy atom. The Balaban J connectivity index is 1.81. The van der Waals surface area contributed by atoms with Gasteiger partial charge >= 0.3 is 0 Å². The van der Waals surface area contributed by atoms with Gasteiger partial charge in [0.25, 0.3) is 0 Å². The number of nitrogens with one attached hydrogen (secondary N) is 2. The number of sulfonamides is 1. The molecule has 1 aromatic rings. The second-order valence-corrected chi connectivity index (χ2v) is 7.05. The molecular formula is C14H20N2O3S. The van der Waals surface area contributed by atoms with Gasteiger partial charge in [0.1, 0.15) is 4.90 Å². The summed E-state index contributed by atoms with van der Waals surface area (Å²) in [5.74, 6) is 0. The van der Waals surface area contributed by atoms with E-state index in [1.807, 2.05) is 13.0 Å². The average Bonchev–Trinajstić information content (AvgIpc) is 3.01. The van der Waals surface area contributed by atoms with E-state index < -0.39 is 10.0 Å². The van der Waals surface area contributed by atoms with E-state index >= 15 is 0 Å². The maximum Gasteiger partial charge on any atom is 0.242 e. The van der Waals surface area contributed by atoms with Crippen LogP contribution in [0.25, 0.3) is 0 Å². The second kappa shape index (κ2) is 5.35. The zero-order chi connectivity index (χ0) is 14.2. The van der Waals surface area contributed by atoms with Crippen molar-refractivity contribution in [3.05, 3.63) is 24.3 Å². The lowest BCUT2D eigenvalue weighted by Gasteiger charge is -2.21. The smallest absolute Gasteiger partial charge is 0.242 e. The van der Waals surface area contributed by atoms with E-state index in [1.54, 1.807) is 18.2 Å². The van der Waals surface area contributed by atoms with Gasteiger partial charge in [-0.15, -0.1) is 0 Å². The summed E-state index contributed by atoms with van der Waals surface area (Å²) in [6.45, 7) is 2.63. The molecule has 2 fully saturated rings. The average molecular weight is 296 g/mol. The zero-order valence-corrected chi connectivity index (χ0v) is 12.3. The molecule has 0 aromatic heterocycles. The Kier molecular flexibility index (Phi) is 3.70. The van der Waals surface area contributed by atoms with E-state index in [9.17, 15) is 8.42 Å². The molecule has 6 heteroatoms. The molecule has 2 N–H and O–H groups in total. The predicted molar refractivity (Wildman–Crippen MR) is 77.2 cm³/mol. The Labute approximate surface area is 119 Å². The van der Waals surface area contributed by atoms with Crippen LogP contribution in [0.3, 0.4) is 0 Å². The van der Waals surface area contributed by atoms with Crippen LogP contribution in [-0.4, -0.2) is 33.2 Å². The summed E-state index contributed by atoms with van der Waals surface area (Å²) in [4.78, 5) is 0.310. The van der Waals surface area contributed by atoms with Crippen molar-refractivity contribution in [2.24, 2.45) is 0 Å². The quantitative estimate of drug-likeness (QED) is 0.868. The summed E-state index contributed by atoms with van der Waals surface area (Å²) < 4.78 is 33.6. The number of benzene rings is 1. The lowest BCUT2D eigenvalue weighted by molar-refractivity contribution is 0.0996. The molecule has 5 nitrogen and oxygen atoms in total. The molecule has 2 aliphatic rings. The van der Waals surface area contributed by atoms with E-state index in [4.69, 9.17) is 4.74 Å². The van der Waals surface area contributed by atoms with Crippen molar-refractivity contribution >= 4 is 15.7 Å². The van der Waals surface area contributed by atoms with Crippen molar-refractivity contribution in [2.75, 3.05) is 11.9 Å². The first-order chi connectivity index (χ1) is 9.60. The van der Waals surface area contributed by atoms with Crippen LogP contribution in [-0.2, 0) is 14.8 Å². The van der Waals surface area contributed by atoms with Crippen LogP contribution < -0.4 is 10.0 Å². The van der Waals surface area contributed by atoms with Crippen LogP contribution in [0.5, 0.6) is 0 Å². The molecule has 3 rings (SSSR count). The molecule has 1 aromatic carbocycles. The van der Waals surface area contributed by atoms with Crippen LogP contribution >= 0.6 is 0 Å². The summed E-state index contributed by atoms with van der Waals surface area (Å²) in [6.07, 6.45) is 3.06. The Hall–Kier alpha value is -1.11. The molecule has 0 radical (unpaired) electrons. The van der Waals surface area contributed by atoms with Gasteiger partial charge in [-0.05, 0) is 38.3 Å². The first-order valence-electron chi connectivity index (χ1n) is 7.11. The maximum absolute atomic E-state index is 12.6. The zero-order valence-electron chi connectivity index (χ0n) is 11.5. The van der Waals surface area contributed by atoms with Gasteiger partial charge < -0.3 is 10.1 Å². The van der Waals surface area contributed by atoms with Crippen LogP contribution in [0.4, 0.5) is 5.69 Å². The third-order valence-electron chi connectivity index (χ3n) is 3.96. The first-order valence-corrected chi connectivity index (χ1v) is 8.59. The van der Waals surface area contributed by atoms with E-state index in [0.717, 1.165) is 19.3 Å². The van der Waals surface area contributed by atoms with Crippen molar-refractivity contribution in [1.82, 2.24) is 4.72 Å². The molecule has 0 aliphatic carbocycles. The third kappa shape index (κ3) is 2.55. The van der Waals surface area contributed by atoms with Gasteiger partial charge in [0.2, 0.25) is 10.0 Å². The van der Waals surface area contributed by atoms with Crippen LogP contribution in [0, 0.1) is 0 Å². The number of rotatable bonds is 5. The van der Waals surface area contributed by atoms with Crippen molar-refractivity contribution in [1.29, 1.82) is 0 Å². The fourth-order valence-corrected chi connectivity index (χ4v) is 4.52. The monoisotopic (exact) mass is 296 g/mol. The maximum atomic E-state index is 12.6. The van der Waals surface area contributed by atoms with Crippen molar-refractivity contribution in [3.63, 3.8) is 0 Å². The number of para-hydroxylation sites is 1. The molecule has 110 valence electrons. The molecule has 0 amide bonds. The second-order valence-electron chi connectivity index (χ2n) is 5.36. The highest BCUT2D eigenvalue weighted by Gasteiger charge is 2.42. The van der Waals surface area contributed by atoms with Gasteiger partial charge in [0.15, 0.2) is 0 Å². The summed E-state index contributed by atoms with van der Waals surface area (Å²) in [5, 5.41) is 3.09. The highest BCUT2D eigenvalue weighted by molar-refractivity contribution is 7.89. The number of hydrogen-bond donors (Lipinski definition) is 2. The molecule has 20 heavy (non-hydrogen) atoms. The number of hydrogen-bond acceptors (Lipinski definition) is 4. The third-order valence-corrected chi connectivity index (χ3v) is 5.50. The molecule has 2 heterocycles. The van der Waals surface area contributed by atoms with Crippen LogP contribution in [0.15, 0.2) is 29.2 Å². The molecule has 2 saturated heterocycles. The van der Waals surface area contributed by atoms with Gasteiger partial charge in [0.05, 0.1) is 23.9 Å². The lowest BCUT2D eigenvalue weighted by Crippen LogP contribution is -2.41. The van der Waals surface area contributed by atoms with Gasteiger partial charge in [-0.25, -0.2) is 13.1 Å². The van der Waals surface area contributed by atoms with Gasteiger partial charge in [-0.1, -0.05) is 12.1 Å². The highest BCUT2D eigenvalue weighted by Crippen LogP contribution is 2.35. The minimum absolute atomic E-state index is 0.0427. The highest BCUT2D eigenvalue weighted by atomic mass is 32.2. The summed E-state index contributed by atoms with van der Waals surface area (Å²) in [6, 6.07) is 6.90. The molecule has 2 bridgehead atoms. The van der Waals surface area contributed by atoms with Crippen molar-refractivity contribution in [2.45, 2.75) is 49.3 Å². The van der Waals surface area contributed by atoms with Crippen molar-refractivity contribution < 1.29 is 13.2 Å². The largest absolute Gasteiger partial charge is 0.384 e. The van der Waals surface area contributed by atoms with Gasteiger partial charge in [0, 0.05) is 6.54 Å². The number of anilines is 1. The fraction of sp³-hybridized carbons (Fsp3) is 0.571. The lowest BCUT2D eigenvalue weighted by atomic mass is 9.96. The summed E-state index contributed by atoms with van der Waals surface area (Å²) in [5.41, 5.74) is 0.645. The van der Waals surface area contributed by atoms with Crippen molar-refractivity contribution in [3.8, 4) is 0 Å². The van der Waals surface area contributed by atoms with E-state index in [-0.39, 0.29) is 18.2 Å². The topological polar surface area (TPSA) is 67.4 Å². The first kappa shape index (κ1) is 13.9. The van der Waals surface area contributed by atoms with Crippen LogP contribution in [0.1, 0.15) is 26.2 Å². The number of fused-ring (bicyclic) bond motifs is 2. The minimum atomic E-state index is -3.51. The van der Waals surface area contributed by atoms with Gasteiger partial charge in [-0.2, -0.15) is 0 Å². The van der Waals surface area contributed by atoms with Gasteiger partial charge in [-0.3, -0.25) is 0 Å². The number of ether oxygens (including phenoxy) is 1. The minimum Gasteiger partial charge on any atom is -0.384 e. The van der Waals surface area contributed by atoms with Crippen LogP contribution in [0.2, 0.25) is 0 Å². The Bertz CT molecular complexity index is 588.